The Morgan fingerprint density at radius 3 is 2.17 bits per heavy atom. The molecule has 0 aliphatic rings. The van der Waals surface area contributed by atoms with Crippen LogP contribution in [0.25, 0.3) is 11.1 Å². The minimum absolute atomic E-state index is 0.0932. The number of anilines is 1. The van der Waals surface area contributed by atoms with E-state index in [1.807, 2.05) is 84.9 Å². The van der Waals surface area contributed by atoms with Gasteiger partial charge >= 0.3 is 5.97 Å². The van der Waals surface area contributed by atoms with Crippen LogP contribution >= 0.6 is 11.6 Å². The molecule has 0 N–H and O–H groups in total. The zero-order chi connectivity index (χ0) is 21.3. The predicted octanol–water partition coefficient (Wildman–Crippen LogP) is 5.45. The van der Waals surface area contributed by atoms with Gasteiger partial charge in [0, 0.05) is 12.0 Å². The van der Waals surface area contributed by atoms with Crippen LogP contribution in [0.4, 0.5) is 5.69 Å². The first-order valence-electron chi connectivity index (χ1n) is 9.81. The molecule has 0 heterocycles. The summed E-state index contributed by atoms with van der Waals surface area (Å²) < 4.78 is 4.68. The second kappa shape index (κ2) is 10.6. The fourth-order valence-electron chi connectivity index (χ4n) is 3.26. The van der Waals surface area contributed by atoms with Gasteiger partial charge in [-0.2, -0.15) is 0 Å². The highest BCUT2D eigenvalue weighted by molar-refractivity contribution is 6.33. The quantitative estimate of drug-likeness (QED) is 0.359. The second-order valence-corrected chi connectivity index (χ2v) is 7.40. The highest BCUT2D eigenvalue weighted by atomic mass is 35.5. The largest absolute Gasteiger partial charge is 0.469 e. The van der Waals surface area contributed by atoms with E-state index in [2.05, 4.69) is 4.74 Å². The molecule has 0 aromatic heterocycles. The molecule has 3 aromatic carbocycles. The average molecular weight is 422 g/mol. The number of amides is 1. The minimum Gasteiger partial charge on any atom is -0.469 e. The lowest BCUT2D eigenvalue weighted by atomic mass is 10.0. The molecule has 4 nitrogen and oxygen atoms in total. The molecule has 0 saturated carbocycles. The number of halogens is 1. The monoisotopic (exact) mass is 421 g/mol. The van der Waals surface area contributed by atoms with Crippen molar-refractivity contribution in [2.24, 2.45) is 0 Å². The van der Waals surface area contributed by atoms with Crippen LogP contribution in [-0.2, 0) is 20.9 Å². The van der Waals surface area contributed by atoms with E-state index >= 15 is 0 Å². The summed E-state index contributed by atoms with van der Waals surface area (Å²) in [4.78, 5) is 26.6. The molecule has 0 aliphatic carbocycles. The van der Waals surface area contributed by atoms with E-state index in [1.165, 1.54) is 7.11 Å². The third kappa shape index (κ3) is 5.49. The number of carbonyl (C=O) groups is 2. The number of nitrogens with zero attached hydrogens (tertiary/aromatic N) is 1. The molecular weight excluding hydrogens is 398 g/mol. The van der Waals surface area contributed by atoms with Gasteiger partial charge in [-0.25, -0.2) is 0 Å². The molecule has 1 atom stereocenters. The summed E-state index contributed by atoms with van der Waals surface area (Å²) in [5, 5.41) is -0.836. The normalized spacial score (nSPS) is 11.5. The van der Waals surface area contributed by atoms with Gasteiger partial charge in [-0.05, 0) is 23.6 Å². The molecule has 0 fully saturated rings. The standard InChI is InChI=1S/C25H24ClNO3/c1-30-24(28)17-16-22(26)25(29)27(18-19-10-4-2-5-11-19)23-15-9-8-14-21(23)20-12-6-3-7-13-20/h2-15,22H,16-18H2,1H3. The summed E-state index contributed by atoms with van der Waals surface area (Å²) >= 11 is 6.44. The van der Waals surface area contributed by atoms with E-state index in [1.54, 1.807) is 4.90 Å². The minimum atomic E-state index is -0.836. The third-order valence-corrected chi connectivity index (χ3v) is 5.23. The van der Waals surface area contributed by atoms with Gasteiger partial charge in [-0.1, -0.05) is 78.9 Å². The van der Waals surface area contributed by atoms with Gasteiger partial charge in [-0.3, -0.25) is 9.59 Å². The summed E-state index contributed by atoms with van der Waals surface area (Å²) in [5.74, 6) is -0.624. The van der Waals surface area contributed by atoms with Crippen molar-refractivity contribution in [2.45, 2.75) is 24.8 Å². The first kappa shape index (κ1) is 21.6. The predicted molar refractivity (Wildman–Crippen MR) is 120 cm³/mol. The second-order valence-electron chi connectivity index (χ2n) is 6.88. The summed E-state index contributed by atoms with van der Waals surface area (Å²) in [6.45, 7) is 0.380. The molecule has 0 aliphatic heterocycles. The van der Waals surface area contributed by atoms with Gasteiger partial charge in [0.1, 0.15) is 5.38 Å². The summed E-state index contributed by atoms with van der Waals surface area (Å²) in [7, 11) is 1.32. The number of alkyl halides is 1. The number of carbonyl (C=O) groups excluding carboxylic acids is 2. The van der Waals surface area contributed by atoms with Crippen LogP contribution in [0.15, 0.2) is 84.9 Å². The van der Waals surface area contributed by atoms with Gasteiger partial charge in [0.2, 0.25) is 5.91 Å². The lowest BCUT2D eigenvalue weighted by Crippen LogP contribution is -2.37. The number of hydrogen-bond acceptors (Lipinski definition) is 3. The first-order valence-corrected chi connectivity index (χ1v) is 10.2. The number of rotatable bonds is 8. The van der Waals surface area contributed by atoms with Crippen molar-refractivity contribution in [1.29, 1.82) is 0 Å². The van der Waals surface area contributed by atoms with Crippen molar-refractivity contribution in [3.05, 3.63) is 90.5 Å². The Hall–Kier alpha value is -3.11. The van der Waals surface area contributed by atoms with Crippen molar-refractivity contribution >= 4 is 29.2 Å². The van der Waals surface area contributed by atoms with E-state index in [4.69, 9.17) is 11.6 Å². The van der Waals surface area contributed by atoms with Crippen LogP contribution in [0.5, 0.6) is 0 Å². The van der Waals surface area contributed by atoms with Gasteiger partial charge in [0.25, 0.3) is 0 Å². The van der Waals surface area contributed by atoms with E-state index in [9.17, 15) is 9.59 Å². The molecule has 0 saturated heterocycles. The highest BCUT2D eigenvalue weighted by Gasteiger charge is 2.26. The Kier molecular flexibility index (Phi) is 7.63. The smallest absolute Gasteiger partial charge is 0.305 e. The van der Waals surface area contributed by atoms with E-state index < -0.39 is 5.38 Å². The summed E-state index contributed by atoms with van der Waals surface area (Å²) in [5.41, 5.74) is 3.73. The Morgan fingerprint density at radius 2 is 1.50 bits per heavy atom. The molecule has 0 radical (unpaired) electrons. The molecule has 154 valence electrons. The first-order chi connectivity index (χ1) is 14.6. The molecule has 1 amide bonds. The van der Waals surface area contributed by atoms with Crippen LogP contribution in [0.3, 0.4) is 0 Å². The molecule has 0 bridgehead atoms. The number of hydrogen-bond donors (Lipinski definition) is 0. The molecular formula is C25H24ClNO3. The fraction of sp³-hybridized carbons (Fsp3) is 0.200. The zero-order valence-corrected chi connectivity index (χ0v) is 17.6. The highest BCUT2D eigenvalue weighted by Crippen LogP contribution is 2.33. The molecule has 3 aromatic rings. The van der Waals surface area contributed by atoms with Crippen molar-refractivity contribution < 1.29 is 14.3 Å². The number of methoxy groups -OCH3 is 1. The van der Waals surface area contributed by atoms with Gasteiger partial charge in [0.05, 0.1) is 19.3 Å². The van der Waals surface area contributed by atoms with E-state index in [0.29, 0.717) is 6.54 Å². The van der Waals surface area contributed by atoms with Crippen molar-refractivity contribution in [1.82, 2.24) is 0 Å². The van der Waals surface area contributed by atoms with Crippen LogP contribution < -0.4 is 4.90 Å². The SMILES string of the molecule is COC(=O)CCC(Cl)C(=O)N(Cc1ccccc1)c1ccccc1-c1ccccc1. The maximum Gasteiger partial charge on any atom is 0.305 e. The average Bonchev–Trinajstić information content (AvgIpc) is 2.81. The molecule has 5 heteroatoms. The molecule has 0 spiro atoms. The maximum atomic E-state index is 13.4. The van der Waals surface area contributed by atoms with Crippen LogP contribution in [-0.4, -0.2) is 24.4 Å². The fourth-order valence-corrected chi connectivity index (χ4v) is 3.48. The van der Waals surface area contributed by atoms with Gasteiger partial charge < -0.3 is 9.64 Å². The lowest BCUT2D eigenvalue weighted by molar-refractivity contribution is -0.140. The van der Waals surface area contributed by atoms with Crippen LogP contribution in [0.1, 0.15) is 18.4 Å². The Labute approximate surface area is 182 Å². The molecule has 1 unspecified atom stereocenters. The van der Waals surface area contributed by atoms with E-state index in [0.717, 1.165) is 22.4 Å². The number of benzene rings is 3. The third-order valence-electron chi connectivity index (χ3n) is 4.83. The van der Waals surface area contributed by atoms with Crippen molar-refractivity contribution in [3.63, 3.8) is 0 Å². The topological polar surface area (TPSA) is 46.6 Å². The summed E-state index contributed by atoms with van der Waals surface area (Å²) in [6.07, 6.45) is 0.307. The Balaban J connectivity index is 1.96. The maximum absolute atomic E-state index is 13.4. The molecule has 30 heavy (non-hydrogen) atoms. The number of ether oxygens (including phenoxy) is 1. The van der Waals surface area contributed by atoms with Crippen LogP contribution in [0.2, 0.25) is 0 Å². The number of esters is 1. The van der Waals surface area contributed by atoms with Crippen molar-refractivity contribution in [2.75, 3.05) is 12.0 Å². The lowest BCUT2D eigenvalue weighted by Gasteiger charge is -2.27. The Morgan fingerprint density at radius 1 is 0.900 bits per heavy atom. The zero-order valence-electron chi connectivity index (χ0n) is 16.8. The Bertz CT molecular complexity index is 976. The number of para-hydroxylation sites is 1. The summed E-state index contributed by atoms with van der Waals surface area (Å²) in [6, 6.07) is 27.5. The van der Waals surface area contributed by atoms with Crippen molar-refractivity contribution in [3.8, 4) is 11.1 Å². The molecule has 3 rings (SSSR count). The van der Waals surface area contributed by atoms with E-state index in [-0.39, 0.29) is 24.7 Å². The van der Waals surface area contributed by atoms with Crippen LogP contribution in [0, 0.1) is 0 Å². The van der Waals surface area contributed by atoms with Gasteiger partial charge in [0.15, 0.2) is 0 Å². The van der Waals surface area contributed by atoms with Gasteiger partial charge in [-0.15, -0.1) is 11.6 Å².